The number of anilines is 1. The number of aliphatic hydroxyl groups is 1. The molecule has 17 heavy (non-hydrogen) atoms. The van der Waals surface area contributed by atoms with Gasteiger partial charge in [-0.1, -0.05) is 12.1 Å². The third-order valence-corrected chi connectivity index (χ3v) is 2.89. The summed E-state index contributed by atoms with van der Waals surface area (Å²) in [6.45, 7) is 1.24. The zero-order valence-electron chi connectivity index (χ0n) is 10.2. The third-order valence-electron chi connectivity index (χ3n) is 2.89. The molecule has 4 heteroatoms. The summed E-state index contributed by atoms with van der Waals surface area (Å²) in [5, 5.41) is 8.71. The van der Waals surface area contributed by atoms with E-state index in [-0.39, 0.29) is 6.61 Å². The van der Waals surface area contributed by atoms with Gasteiger partial charge in [-0.2, -0.15) is 0 Å². The molecule has 0 aliphatic rings. The molecule has 1 aromatic heterocycles. The minimum Gasteiger partial charge on any atom is -0.396 e. The Labute approximate surface area is 101 Å². The van der Waals surface area contributed by atoms with Crippen LogP contribution in [0, 0.1) is 0 Å². The number of unbranched alkanes of at least 4 members (excludes halogenated alkanes) is 2. The zero-order chi connectivity index (χ0) is 12.1. The van der Waals surface area contributed by atoms with Crippen LogP contribution in [-0.2, 0) is 0 Å². The summed E-state index contributed by atoms with van der Waals surface area (Å²) in [5.74, 6) is 0.912. The summed E-state index contributed by atoms with van der Waals surface area (Å²) in [6, 6.07) is 8.04. The van der Waals surface area contributed by atoms with E-state index in [1.54, 1.807) is 0 Å². The molecule has 0 aliphatic heterocycles. The van der Waals surface area contributed by atoms with Crippen molar-refractivity contribution in [2.24, 2.45) is 0 Å². The van der Waals surface area contributed by atoms with E-state index in [1.807, 2.05) is 31.3 Å². The van der Waals surface area contributed by atoms with Crippen molar-refractivity contribution >= 4 is 17.0 Å². The van der Waals surface area contributed by atoms with Crippen molar-refractivity contribution in [3.05, 3.63) is 24.3 Å². The summed E-state index contributed by atoms with van der Waals surface area (Å²) in [6.07, 6.45) is 3.02. The Hall–Kier alpha value is -1.55. The highest BCUT2D eigenvalue weighted by molar-refractivity contribution is 5.77. The molecule has 0 saturated heterocycles. The van der Waals surface area contributed by atoms with E-state index < -0.39 is 0 Å². The van der Waals surface area contributed by atoms with Gasteiger partial charge in [0, 0.05) is 20.2 Å². The van der Waals surface area contributed by atoms with Gasteiger partial charge in [-0.15, -0.1) is 0 Å². The normalized spacial score (nSPS) is 10.9. The van der Waals surface area contributed by atoms with Crippen LogP contribution in [0.5, 0.6) is 0 Å². The third kappa shape index (κ3) is 2.97. The highest BCUT2D eigenvalue weighted by Gasteiger charge is 2.06. The van der Waals surface area contributed by atoms with Gasteiger partial charge in [0.25, 0.3) is 0 Å². The molecular formula is C13H19N3O. The lowest BCUT2D eigenvalue weighted by Crippen LogP contribution is -2.19. The first kappa shape index (κ1) is 11.9. The largest absolute Gasteiger partial charge is 0.396 e. The van der Waals surface area contributed by atoms with E-state index in [0.717, 1.165) is 42.8 Å². The average molecular weight is 233 g/mol. The summed E-state index contributed by atoms with van der Waals surface area (Å²) in [7, 11) is 2.04. The number of hydrogen-bond donors (Lipinski definition) is 2. The maximum atomic E-state index is 8.71. The van der Waals surface area contributed by atoms with E-state index in [4.69, 9.17) is 5.11 Å². The highest BCUT2D eigenvalue weighted by atomic mass is 16.2. The second kappa shape index (κ2) is 5.68. The molecule has 0 atom stereocenters. The van der Waals surface area contributed by atoms with Crippen molar-refractivity contribution in [1.82, 2.24) is 9.97 Å². The van der Waals surface area contributed by atoms with Crippen molar-refractivity contribution in [3.8, 4) is 0 Å². The summed E-state index contributed by atoms with van der Waals surface area (Å²) in [4.78, 5) is 9.96. The van der Waals surface area contributed by atoms with Gasteiger partial charge in [0.2, 0.25) is 5.95 Å². The smallest absolute Gasteiger partial charge is 0.203 e. The number of para-hydroxylation sites is 2. The standard InChI is InChI=1S/C13H19N3O/c1-16(9-5-2-6-10-17)13-14-11-7-3-4-8-12(11)15-13/h3-4,7-8,17H,2,5-6,9-10H2,1H3,(H,14,15). The molecule has 0 amide bonds. The number of fused-ring (bicyclic) bond motifs is 1. The molecule has 0 bridgehead atoms. The van der Waals surface area contributed by atoms with E-state index in [9.17, 15) is 0 Å². The Kier molecular flexibility index (Phi) is 3.98. The lowest BCUT2D eigenvalue weighted by Gasteiger charge is -2.15. The number of hydrogen-bond acceptors (Lipinski definition) is 3. The Balaban J connectivity index is 1.96. The summed E-state index contributed by atoms with van der Waals surface area (Å²) < 4.78 is 0. The van der Waals surface area contributed by atoms with Gasteiger partial charge in [-0.05, 0) is 31.4 Å². The Morgan fingerprint density at radius 1 is 1.24 bits per heavy atom. The molecule has 2 aromatic rings. The fourth-order valence-corrected chi connectivity index (χ4v) is 1.86. The Morgan fingerprint density at radius 2 is 2.06 bits per heavy atom. The fourth-order valence-electron chi connectivity index (χ4n) is 1.86. The minimum atomic E-state index is 0.286. The van der Waals surface area contributed by atoms with Crippen molar-refractivity contribution in [2.45, 2.75) is 19.3 Å². The van der Waals surface area contributed by atoms with Crippen molar-refractivity contribution < 1.29 is 5.11 Å². The first-order chi connectivity index (χ1) is 8.31. The van der Waals surface area contributed by atoms with E-state index >= 15 is 0 Å². The molecule has 1 aromatic carbocycles. The van der Waals surface area contributed by atoms with Gasteiger partial charge in [-0.3, -0.25) is 0 Å². The van der Waals surface area contributed by atoms with Crippen LogP contribution < -0.4 is 4.90 Å². The van der Waals surface area contributed by atoms with Gasteiger partial charge >= 0.3 is 0 Å². The van der Waals surface area contributed by atoms with Crippen LogP contribution in [0.15, 0.2) is 24.3 Å². The van der Waals surface area contributed by atoms with Gasteiger partial charge in [0.15, 0.2) is 0 Å². The number of aromatic nitrogens is 2. The second-order valence-corrected chi connectivity index (χ2v) is 4.28. The van der Waals surface area contributed by atoms with Crippen LogP contribution in [0.3, 0.4) is 0 Å². The lowest BCUT2D eigenvalue weighted by atomic mass is 10.2. The molecule has 0 radical (unpaired) electrons. The number of benzene rings is 1. The maximum absolute atomic E-state index is 8.71. The molecule has 4 nitrogen and oxygen atoms in total. The van der Waals surface area contributed by atoms with Crippen LogP contribution in [-0.4, -0.2) is 35.3 Å². The zero-order valence-corrected chi connectivity index (χ0v) is 10.2. The molecule has 0 unspecified atom stereocenters. The minimum absolute atomic E-state index is 0.286. The quantitative estimate of drug-likeness (QED) is 0.752. The molecule has 0 saturated carbocycles. The predicted octanol–water partition coefficient (Wildman–Crippen LogP) is 2.16. The van der Waals surface area contributed by atoms with E-state index in [1.165, 1.54) is 0 Å². The van der Waals surface area contributed by atoms with Gasteiger partial charge in [0.1, 0.15) is 0 Å². The number of aliphatic hydroxyl groups excluding tert-OH is 1. The Morgan fingerprint density at radius 3 is 2.82 bits per heavy atom. The van der Waals surface area contributed by atoms with E-state index in [0.29, 0.717) is 0 Å². The predicted molar refractivity (Wildman–Crippen MR) is 70.3 cm³/mol. The molecule has 0 spiro atoms. The molecule has 1 heterocycles. The van der Waals surface area contributed by atoms with Crippen molar-refractivity contribution in [2.75, 3.05) is 25.1 Å². The van der Waals surface area contributed by atoms with Crippen molar-refractivity contribution in [1.29, 1.82) is 0 Å². The number of nitrogens with zero attached hydrogens (tertiary/aromatic N) is 2. The van der Waals surface area contributed by atoms with Crippen LogP contribution in [0.4, 0.5) is 5.95 Å². The monoisotopic (exact) mass is 233 g/mol. The number of nitrogens with one attached hydrogen (secondary N) is 1. The highest BCUT2D eigenvalue weighted by Crippen LogP contribution is 2.16. The topological polar surface area (TPSA) is 52.1 Å². The molecule has 0 fully saturated rings. The summed E-state index contributed by atoms with van der Waals surface area (Å²) >= 11 is 0. The molecule has 2 rings (SSSR count). The molecule has 0 aliphatic carbocycles. The molecule has 2 N–H and O–H groups in total. The number of aromatic amines is 1. The fraction of sp³-hybridized carbons (Fsp3) is 0.462. The molecule has 92 valence electrons. The number of rotatable bonds is 6. The van der Waals surface area contributed by atoms with E-state index in [2.05, 4.69) is 14.9 Å². The summed E-state index contributed by atoms with van der Waals surface area (Å²) in [5.41, 5.74) is 2.08. The van der Waals surface area contributed by atoms with Crippen LogP contribution in [0.1, 0.15) is 19.3 Å². The lowest BCUT2D eigenvalue weighted by molar-refractivity contribution is 0.283. The Bertz CT molecular complexity index is 433. The average Bonchev–Trinajstić information content (AvgIpc) is 2.78. The SMILES string of the molecule is CN(CCCCCO)c1nc2ccccc2[nH]1. The van der Waals surface area contributed by atoms with Gasteiger partial charge < -0.3 is 15.0 Å². The number of imidazole rings is 1. The number of H-pyrrole nitrogens is 1. The first-order valence-electron chi connectivity index (χ1n) is 6.08. The van der Waals surface area contributed by atoms with Gasteiger partial charge in [0.05, 0.1) is 11.0 Å². The first-order valence-corrected chi connectivity index (χ1v) is 6.08. The van der Waals surface area contributed by atoms with Crippen molar-refractivity contribution in [3.63, 3.8) is 0 Å². The van der Waals surface area contributed by atoms with Crippen LogP contribution in [0.25, 0.3) is 11.0 Å². The maximum Gasteiger partial charge on any atom is 0.203 e. The van der Waals surface area contributed by atoms with Crippen LogP contribution >= 0.6 is 0 Å². The molecular weight excluding hydrogens is 214 g/mol. The van der Waals surface area contributed by atoms with Gasteiger partial charge in [-0.25, -0.2) is 4.98 Å². The van der Waals surface area contributed by atoms with Crippen LogP contribution in [0.2, 0.25) is 0 Å². The second-order valence-electron chi connectivity index (χ2n) is 4.28.